The minimum Gasteiger partial charge on any atom is -0.469 e. The molecule has 1 heterocycles. The van der Waals surface area contributed by atoms with Crippen LogP contribution < -0.4 is 0 Å². The van der Waals surface area contributed by atoms with Crippen LogP contribution in [0.1, 0.15) is 37.7 Å². The van der Waals surface area contributed by atoms with Crippen molar-refractivity contribution < 1.29 is 19.1 Å². The lowest BCUT2D eigenvalue weighted by Crippen LogP contribution is -2.24. The molecule has 0 saturated heterocycles. The zero-order chi connectivity index (χ0) is 14.5. The summed E-state index contributed by atoms with van der Waals surface area (Å²) in [7, 11) is 1.35. The lowest BCUT2D eigenvalue weighted by Gasteiger charge is -2.18. The molecule has 19 heavy (non-hydrogen) atoms. The Labute approximate surface area is 120 Å². The third-order valence-electron chi connectivity index (χ3n) is 1.89. The van der Waals surface area contributed by atoms with Crippen molar-refractivity contribution in [3.8, 4) is 0 Å². The van der Waals surface area contributed by atoms with Gasteiger partial charge in [-0.25, -0.2) is 9.78 Å². The number of esters is 2. The molecular weight excluding hydrogens is 286 g/mol. The summed E-state index contributed by atoms with van der Waals surface area (Å²) in [5.41, 5.74) is 1.36. The first-order chi connectivity index (χ1) is 8.83. The lowest BCUT2D eigenvalue weighted by molar-refractivity contribution is -0.140. The lowest BCUT2D eigenvalue weighted by atomic mass is 10.2. The molecule has 0 aliphatic heterocycles. The molecule has 0 bridgehead atoms. The van der Waals surface area contributed by atoms with Gasteiger partial charge in [-0.1, -0.05) is 0 Å². The van der Waals surface area contributed by atoms with Gasteiger partial charge in [-0.3, -0.25) is 4.79 Å². The number of ether oxygens (including phenoxy) is 2. The minimum atomic E-state index is -0.547. The van der Waals surface area contributed by atoms with Crippen LogP contribution in [0.3, 0.4) is 0 Å². The quantitative estimate of drug-likeness (QED) is 0.615. The number of thioether (sulfide) groups is 1. The van der Waals surface area contributed by atoms with Crippen molar-refractivity contribution in [2.75, 3.05) is 12.9 Å². The molecule has 0 aromatic carbocycles. The predicted molar refractivity (Wildman–Crippen MR) is 74.6 cm³/mol. The molecule has 0 atom stereocenters. The van der Waals surface area contributed by atoms with E-state index in [2.05, 4.69) is 9.72 Å². The number of carbonyl (C=O) groups is 2. The van der Waals surface area contributed by atoms with Crippen molar-refractivity contribution in [2.24, 2.45) is 0 Å². The summed E-state index contributed by atoms with van der Waals surface area (Å²) in [6.07, 6.45) is 0.298. The summed E-state index contributed by atoms with van der Waals surface area (Å²) in [5.74, 6) is -0.157. The van der Waals surface area contributed by atoms with Gasteiger partial charge in [-0.2, -0.15) is 0 Å². The smallest absolute Gasteiger partial charge is 0.359 e. The van der Waals surface area contributed by atoms with E-state index >= 15 is 0 Å². The molecule has 1 rings (SSSR count). The number of carbonyl (C=O) groups excluding carboxylic acids is 2. The van der Waals surface area contributed by atoms with Crippen molar-refractivity contribution >= 4 is 35.0 Å². The summed E-state index contributed by atoms with van der Waals surface area (Å²) in [6, 6.07) is 0. The van der Waals surface area contributed by atoms with Crippen molar-refractivity contribution in [3.63, 3.8) is 0 Å². The largest absolute Gasteiger partial charge is 0.469 e. The molecule has 0 N–H and O–H groups in total. The average Bonchev–Trinajstić information content (AvgIpc) is 2.75. The Kier molecular flexibility index (Phi) is 5.81. The predicted octanol–water partition coefficient (Wildman–Crippen LogP) is 2.75. The van der Waals surface area contributed by atoms with Crippen LogP contribution in [0.15, 0.2) is 9.72 Å². The van der Waals surface area contributed by atoms with Crippen molar-refractivity contribution in [1.82, 2.24) is 4.98 Å². The van der Waals surface area contributed by atoms with Crippen LogP contribution in [-0.4, -0.2) is 35.4 Å². The summed E-state index contributed by atoms with van der Waals surface area (Å²) in [6.45, 7) is 5.42. The molecule has 5 nitrogen and oxygen atoms in total. The van der Waals surface area contributed by atoms with Crippen LogP contribution in [0.4, 0.5) is 0 Å². The zero-order valence-electron chi connectivity index (χ0n) is 11.4. The zero-order valence-corrected chi connectivity index (χ0v) is 13.0. The number of hydrogen-bond donors (Lipinski definition) is 0. The Hall–Kier alpha value is -1.08. The molecular formula is C12H17NO4S2. The molecule has 0 aliphatic carbocycles. The number of methoxy groups -OCH3 is 1. The van der Waals surface area contributed by atoms with E-state index in [4.69, 9.17) is 4.74 Å². The van der Waals surface area contributed by atoms with Crippen LogP contribution >= 0.6 is 23.1 Å². The first-order valence-corrected chi connectivity index (χ1v) is 7.56. The molecule has 0 aliphatic rings. The van der Waals surface area contributed by atoms with Gasteiger partial charge in [-0.05, 0) is 20.8 Å². The van der Waals surface area contributed by atoms with Crippen LogP contribution in [0.25, 0.3) is 0 Å². The Morgan fingerprint density at radius 2 is 2.11 bits per heavy atom. The van der Waals surface area contributed by atoms with Gasteiger partial charge in [-0.15, -0.1) is 23.1 Å². The highest BCUT2D eigenvalue weighted by atomic mass is 32.2. The Morgan fingerprint density at radius 3 is 2.68 bits per heavy atom. The molecule has 1 aromatic heterocycles. The number of aromatic nitrogens is 1. The maximum Gasteiger partial charge on any atom is 0.359 e. The molecule has 7 heteroatoms. The number of nitrogens with zero attached hydrogens (tertiary/aromatic N) is 1. The van der Waals surface area contributed by atoms with Crippen molar-refractivity contribution in [3.05, 3.63) is 11.2 Å². The highest BCUT2D eigenvalue weighted by Crippen LogP contribution is 2.28. The van der Waals surface area contributed by atoms with Crippen LogP contribution in [-0.2, 0) is 14.3 Å². The summed E-state index contributed by atoms with van der Waals surface area (Å²) in [5, 5.41) is 0. The van der Waals surface area contributed by atoms with Gasteiger partial charge in [0.25, 0.3) is 0 Å². The molecule has 106 valence electrons. The highest BCUT2D eigenvalue weighted by molar-refractivity contribution is 8.01. The van der Waals surface area contributed by atoms with E-state index in [-0.39, 0.29) is 5.97 Å². The fourth-order valence-corrected chi connectivity index (χ4v) is 3.01. The van der Waals surface area contributed by atoms with E-state index in [0.717, 1.165) is 4.21 Å². The van der Waals surface area contributed by atoms with Gasteiger partial charge in [0, 0.05) is 5.75 Å². The fourth-order valence-electron chi connectivity index (χ4n) is 1.13. The topological polar surface area (TPSA) is 65.5 Å². The van der Waals surface area contributed by atoms with E-state index in [1.807, 2.05) is 0 Å². The summed E-state index contributed by atoms with van der Waals surface area (Å²) >= 11 is 2.77. The second-order valence-electron chi connectivity index (χ2n) is 4.66. The normalized spacial score (nSPS) is 11.2. The monoisotopic (exact) mass is 303 g/mol. The second-order valence-corrected chi connectivity index (χ2v) is 6.88. The van der Waals surface area contributed by atoms with Gasteiger partial charge in [0.2, 0.25) is 0 Å². The van der Waals surface area contributed by atoms with Crippen LogP contribution in [0.5, 0.6) is 0 Å². The second kappa shape index (κ2) is 6.91. The Bertz CT molecular complexity index is 451. The van der Waals surface area contributed by atoms with Gasteiger partial charge in [0.05, 0.1) is 23.3 Å². The number of hydrogen-bond acceptors (Lipinski definition) is 7. The van der Waals surface area contributed by atoms with Crippen LogP contribution in [0.2, 0.25) is 0 Å². The molecule has 0 saturated carbocycles. The molecule has 1 aromatic rings. The van der Waals surface area contributed by atoms with E-state index in [0.29, 0.717) is 17.9 Å². The summed E-state index contributed by atoms with van der Waals surface area (Å²) < 4.78 is 10.6. The van der Waals surface area contributed by atoms with E-state index in [1.54, 1.807) is 26.3 Å². The van der Waals surface area contributed by atoms with Crippen LogP contribution in [0, 0.1) is 0 Å². The van der Waals surface area contributed by atoms with E-state index in [1.165, 1.54) is 30.2 Å². The molecule has 0 amide bonds. The molecule has 0 spiro atoms. The SMILES string of the molecule is COC(=O)CCSc1scnc1C(=O)OC(C)(C)C. The van der Waals surface area contributed by atoms with E-state index in [9.17, 15) is 9.59 Å². The fraction of sp³-hybridized carbons (Fsp3) is 0.583. The minimum absolute atomic E-state index is 0.268. The maximum absolute atomic E-state index is 11.9. The van der Waals surface area contributed by atoms with Crippen molar-refractivity contribution in [1.29, 1.82) is 0 Å². The maximum atomic E-state index is 11.9. The number of rotatable bonds is 5. The third kappa shape index (κ3) is 5.61. The molecule has 0 fully saturated rings. The molecule has 0 radical (unpaired) electrons. The average molecular weight is 303 g/mol. The third-order valence-corrected chi connectivity index (χ3v) is 4.02. The summed E-state index contributed by atoms with van der Waals surface area (Å²) in [4.78, 5) is 26.9. The van der Waals surface area contributed by atoms with Gasteiger partial charge < -0.3 is 9.47 Å². The van der Waals surface area contributed by atoms with Gasteiger partial charge in [0.1, 0.15) is 5.60 Å². The van der Waals surface area contributed by atoms with Crippen molar-refractivity contribution in [2.45, 2.75) is 37.0 Å². The standard InChI is InChI=1S/C12H17NO4S2/c1-12(2,3)17-10(15)9-11(19-7-13-9)18-6-5-8(14)16-4/h7H,5-6H2,1-4H3. The first kappa shape index (κ1) is 16.0. The van der Waals surface area contributed by atoms with Gasteiger partial charge in [0.15, 0.2) is 5.69 Å². The molecule has 0 unspecified atom stereocenters. The first-order valence-electron chi connectivity index (χ1n) is 5.70. The van der Waals surface area contributed by atoms with E-state index < -0.39 is 11.6 Å². The Balaban J connectivity index is 2.60. The number of thiazole rings is 1. The van der Waals surface area contributed by atoms with Gasteiger partial charge >= 0.3 is 11.9 Å². The Morgan fingerprint density at radius 1 is 1.42 bits per heavy atom. The highest BCUT2D eigenvalue weighted by Gasteiger charge is 2.22.